The number of halogens is 2. The van der Waals surface area contributed by atoms with Gasteiger partial charge in [-0.2, -0.15) is 0 Å². The smallest absolute Gasteiger partial charge is 0.263 e. The first-order valence-electron chi connectivity index (χ1n) is 10.3. The van der Waals surface area contributed by atoms with E-state index in [2.05, 4.69) is 12.2 Å². The number of hydrogen-bond acceptors (Lipinski definition) is 2. The van der Waals surface area contributed by atoms with Gasteiger partial charge in [-0.15, -0.1) is 0 Å². The molecular weight excluding hydrogens is 429 g/mol. The average Bonchev–Trinajstić information content (AvgIpc) is 2.75. The van der Waals surface area contributed by atoms with Gasteiger partial charge in [0.15, 0.2) is 5.60 Å². The minimum Gasteiger partial charge on any atom is -0.478 e. The molecule has 0 aromatic heterocycles. The third-order valence-electron chi connectivity index (χ3n) is 5.44. The zero-order valence-corrected chi connectivity index (χ0v) is 19.5. The lowest BCUT2D eigenvalue weighted by molar-refractivity contribution is -0.134. The summed E-state index contributed by atoms with van der Waals surface area (Å²) in [4.78, 5) is 13.0. The monoisotopic (exact) mass is 455 g/mol. The van der Waals surface area contributed by atoms with Crippen LogP contribution >= 0.6 is 23.2 Å². The Hall–Kier alpha value is -2.49. The van der Waals surface area contributed by atoms with Crippen LogP contribution in [-0.4, -0.2) is 18.1 Å². The van der Waals surface area contributed by atoms with E-state index < -0.39 is 5.60 Å². The summed E-state index contributed by atoms with van der Waals surface area (Å²) in [5.41, 5.74) is 1.25. The lowest BCUT2D eigenvalue weighted by Crippen LogP contribution is -2.47. The molecular formula is C26H27Cl2NO2. The molecule has 2 atom stereocenters. The van der Waals surface area contributed by atoms with Crippen molar-refractivity contribution in [2.24, 2.45) is 0 Å². The highest BCUT2D eigenvalue weighted by Gasteiger charge is 2.31. The van der Waals surface area contributed by atoms with Crippen LogP contribution in [0.3, 0.4) is 0 Å². The number of carbonyl (C=O) groups is 1. The number of hydrogen-bond donors (Lipinski definition) is 1. The van der Waals surface area contributed by atoms with Crippen LogP contribution in [0.1, 0.15) is 43.7 Å². The molecule has 0 heterocycles. The molecule has 3 rings (SSSR count). The molecule has 0 aliphatic carbocycles. The fraction of sp³-hybridized carbons (Fsp3) is 0.269. The number of rotatable bonds is 8. The summed E-state index contributed by atoms with van der Waals surface area (Å²) < 4.78 is 5.93. The molecule has 0 bridgehead atoms. The molecule has 3 nitrogen and oxygen atoms in total. The lowest BCUT2D eigenvalue weighted by atomic mass is 9.82. The molecule has 0 spiro atoms. The maximum atomic E-state index is 13.0. The second kappa shape index (κ2) is 10.2. The summed E-state index contributed by atoms with van der Waals surface area (Å²) in [5, 5.41) is 4.48. The van der Waals surface area contributed by atoms with E-state index >= 15 is 0 Å². The van der Waals surface area contributed by atoms with Gasteiger partial charge in [0.25, 0.3) is 5.91 Å². The van der Waals surface area contributed by atoms with Crippen LogP contribution in [0.4, 0.5) is 0 Å². The van der Waals surface area contributed by atoms with Crippen molar-refractivity contribution < 1.29 is 9.53 Å². The molecule has 0 saturated carbocycles. The van der Waals surface area contributed by atoms with Gasteiger partial charge in [-0.1, -0.05) is 72.6 Å². The highest BCUT2D eigenvalue weighted by Crippen LogP contribution is 2.33. The second-order valence-electron chi connectivity index (χ2n) is 8.13. The van der Waals surface area contributed by atoms with Gasteiger partial charge >= 0.3 is 0 Å². The Kier molecular flexibility index (Phi) is 7.64. The van der Waals surface area contributed by atoms with Gasteiger partial charge in [-0.3, -0.25) is 4.79 Å². The highest BCUT2D eigenvalue weighted by molar-refractivity contribution is 6.30. The number of benzene rings is 3. The Labute approximate surface area is 194 Å². The van der Waals surface area contributed by atoms with Crippen LogP contribution in [0.15, 0.2) is 78.9 Å². The number of para-hydroxylation sites is 1. The van der Waals surface area contributed by atoms with E-state index in [-0.39, 0.29) is 17.7 Å². The first kappa shape index (κ1) is 23.2. The fourth-order valence-electron chi connectivity index (χ4n) is 3.54. The zero-order chi connectivity index (χ0) is 22.4. The number of carbonyl (C=O) groups excluding carboxylic acids is 1. The van der Waals surface area contributed by atoms with Crippen molar-refractivity contribution in [2.75, 3.05) is 6.54 Å². The quantitative estimate of drug-likeness (QED) is 0.402. The molecule has 0 aliphatic heterocycles. The van der Waals surface area contributed by atoms with Crippen molar-refractivity contribution in [1.82, 2.24) is 5.32 Å². The van der Waals surface area contributed by atoms with Crippen LogP contribution in [0.2, 0.25) is 10.0 Å². The second-order valence-corrected chi connectivity index (χ2v) is 9.01. The van der Waals surface area contributed by atoms with Crippen molar-refractivity contribution in [3.63, 3.8) is 0 Å². The van der Waals surface area contributed by atoms with Crippen molar-refractivity contribution in [3.05, 3.63) is 100 Å². The van der Waals surface area contributed by atoms with E-state index in [0.29, 0.717) is 22.3 Å². The van der Waals surface area contributed by atoms with Crippen molar-refractivity contribution in [1.29, 1.82) is 0 Å². The maximum absolute atomic E-state index is 13.0. The molecule has 1 N–H and O–H groups in total. The van der Waals surface area contributed by atoms with E-state index in [0.717, 1.165) is 11.1 Å². The SMILES string of the molecule is CC(c1ccc(Cl)cc1)C(CNC(=O)C(C)(C)Oc1ccccc1)c1ccc(Cl)cc1. The Bertz CT molecular complexity index is 986. The van der Waals surface area contributed by atoms with E-state index in [9.17, 15) is 4.79 Å². The molecule has 1 amide bonds. The predicted molar refractivity (Wildman–Crippen MR) is 128 cm³/mol. The van der Waals surface area contributed by atoms with Crippen molar-refractivity contribution in [2.45, 2.75) is 38.2 Å². The van der Waals surface area contributed by atoms with Gasteiger partial charge in [0.1, 0.15) is 5.75 Å². The Morgan fingerprint density at radius 2 is 1.39 bits per heavy atom. The summed E-state index contributed by atoms with van der Waals surface area (Å²) >= 11 is 12.2. The van der Waals surface area contributed by atoms with Gasteiger partial charge < -0.3 is 10.1 Å². The molecule has 3 aromatic carbocycles. The topological polar surface area (TPSA) is 38.3 Å². The third-order valence-corrected chi connectivity index (χ3v) is 5.95. The maximum Gasteiger partial charge on any atom is 0.263 e. The molecule has 0 aliphatic rings. The summed E-state index contributed by atoms with van der Waals surface area (Å²) in [6.07, 6.45) is 0. The number of nitrogens with one attached hydrogen (secondary N) is 1. The van der Waals surface area contributed by atoms with Gasteiger partial charge in [0.2, 0.25) is 0 Å². The van der Waals surface area contributed by atoms with Gasteiger partial charge in [0.05, 0.1) is 0 Å². The van der Waals surface area contributed by atoms with Gasteiger partial charge in [-0.05, 0) is 67.3 Å². The Morgan fingerprint density at radius 3 is 1.94 bits per heavy atom. The molecule has 31 heavy (non-hydrogen) atoms. The van der Waals surface area contributed by atoms with Crippen LogP contribution in [0.5, 0.6) is 5.75 Å². The molecule has 2 unspecified atom stereocenters. The minimum atomic E-state index is -1.00. The summed E-state index contributed by atoms with van der Waals surface area (Å²) in [6, 6.07) is 25.0. The largest absolute Gasteiger partial charge is 0.478 e. The van der Waals surface area contributed by atoms with E-state index in [1.165, 1.54) is 0 Å². The van der Waals surface area contributed by atoms with E-state index in [1.54, 1.807) is 13.8 Å². The van der Waals surface area contributed by atoms with Crippen LogP contribution in [0.25, 0.3) is 0 Å². The number of amides is 1. The molecule has 5 heteroatoms. The standard InChI is InChI=1S/C26H27Cl2NO2/c1-18(19-9-13-21(27)14-10-19)24(20-11-15-22(28)16-12-20)17-29-25(30)26(2,3)31-23-7-5-4-6-8-23/h4-16,18,24H,17H2,1-3H3,(H,29,30). The Morgan fingerprint density at radius 1 is 0.871 bits per heavy atom. The predicted octanol–water partition coefficient (Wildman–Crippen LogP) is 6.85. The van der Waals surface area contributed by atoms with Crippen LogP contribution in [-0.2, 0) is 4.79 Å². The third kappa shape index (κ3) is 6.25. The van der Waals surface area contributed by atoms with E-state index in [4.69, 9.17) is 27.9 Å². The minimum absolute atomic E-state index is 0.0508. The molecule has 0 radical (unpaired) electrons. The highest BCUT2D eigenvalue weighted by atomic mass is 35.5. The summed E-state index contributed by atoms with van der Waals surface area (Å²) in [6.45, 7) is 6.16. The average molecular weight is 456 g/mol. The molecule has 3 aromatic rings. The number of ether oxygens (including phenoxy) is 1. The normalized spacial score (nSPS) is 13.3. The van der Waals surface area contributed by atoms with Crippen molar-refractivity contribution in [3.8, 4) is 5.75 Å². The van der Waals surface area contributed by atoms with Gasteiger partial charge in [-0.25, -0.2) is 0 Å². The molecule has 162 valence electrons. The fourth-order valence-corrected chi connectivity index (χ4v) is 3.79. The van der Waals surface area contributed by atoms with Gasteiger partial charge in [0, 0.05) is 22.5 Å². The first-order chi connectivity index (χ1) is 14.8. The van der Waals surface area contributed by atoms with Crippen LogP contribution < -0.4 is 10.1 Å². The first-order valence-corrected chi connectivity index (χ1v) is 11.0. The van der Waals surface area contributed by atoms with Crippen molar-refractivity contribution >= 4 is 29.1 Å². The lowest BCUT2D eigenvalue weighted by Gasteiger charge is -2.29. The molecule has 0 saturated heterocycles. The van der Waals surface area contributed by atoms with E-state index in [1.807, 2.05) is 78.9 Å². The summed E-state index contributed by atoms with van der Waals surface area (Å²) in [7, 11) is 0. The summed E-state index contributed by atoms with van der Waals surface area (Å²) in [5.74, 6) is 0.692. The zero-order valence-electron chi connectivity index (χ0n) is 17.9. The van der Waals surface area contributed by atoms with Crippen LogP contribution in [0, 0.1) is 0 Å². The molecule has 0 fully saturated rings. The Balaban J connectivity index is 1.77.